The second kappa shape index (κ2) is 6.16. The number of aromatic nitrogens is 1. The van der Waals surface area contributed by atoms with E-state index in [9.17, 15) is 4.79 Å². The average molecular weight is 261 g/mol. The second-order valence-electron chi connectivity index (χ2n) is 3.74. The van der Waals surface area contributed by atoms with Crippen molar-refractivity contribution < 1.29 is 4.79 Å². The lowest BCUT2D eigenvalue weighted by atomic mass is 10.1. The van der Waals surface area contributed by atoms with E-state index in [0.717, 1.165) is 17.9 Å². The molecule has 1 aromatic carbocycles. The maximum atomic E-state index is 12.1. The van der Waals surface area contributed by atoms with Crippen LogP contribution in [0.5, 0.6) is 0 Å². The summed E-state index contributed by atoms with van der Waals surface area (Å²) in [4.78, 5) is 16.2. The number of rotatable bonds is 5. The topological polar surface area (TPSA) is 54.0 Å². The first-order valence-corrected chi connectivity index (χ1v) is 6.73. The highest BCUT2D eigenvalue weighted by Crippen LogP contribution is 2.14. The van der Waals surface area contributed by atoms with Crippen LogP contribution in [0.2, 0.25) is 0 Å². The fraction of sp³-hybridized carbons (Fsp3) is 0.231. The zero-order valence-electron chi connectivity index (χ0n) is 10.1. The molecular formula is C13H15N3OS. The molecule has 4 nitrogen and oxygen atoms in total. The summed E-state index contributed by atoms with van der Waals surface area (Å²) in [6, 6.07) is 7.49. The Bertz CT molecular complexity index is 511. The molecule has 1 aromatic heterocycles. The summed E-state index contributed by atoms with van der Waals surface area (Å²) in [5, 5.41) is 7.97. The lowest BCUT2D eigenvalue weighted by molar-refractivity contribution is 0.0951. The van der Waals surface area contributed by atoms with Gasteiger partial charge >= 0.3 is 0 Å². The minimum absolute atomic E-state index is 0.0837. The molecule has 0 radical (unpaired) electrons. The summed E-state index contributed by atoms with van der Waals surface area (Å²) >= 11 is 1.52. The minimum Gasteiger partial charge on any atom is -0.385 e. The molecular weight excluding hydrogens is 246 g/mol. The molecule has 2 N–H and O–H groups in total. The number of carbonyl (C=O) groups is 1. The predicted molar refractivity (Wildman–Crippen MR) is 73.9 cm³/mol. The number of anilines is 1. The van der Waals surface area contributed by atoms with Crippen LogP contribution < -0.4 is 10.6 Å². The molecule has 0 atom stereocenters. The largest absolute Gasteiger partial charge is 0.385 e. The van der Waals surface area contributed by atoms with Gasteiger partial charge in [0.1, 0.15) is 0 Å². The van der Waals surface area contributed by atoms with Crippen LogP contribution in [-0.2, 0) is 6.54 Å². The van der Waals surface area contributed by atoms with Crippen molar-refractivity contribution in [1.29, 1.82) is 0 Å². The Kier molecular flexibility index (Phi) is 4.30. The predicted octanol–water partition coefficient (Wildman–Crippen LogP) is 2.50. The summed E-state index contributed by atoms with van der Waals surface area (Å²) in [7, 11) is 0. The molecule has 0 aliphatic heterocycles. The molecule has 0 saturated carbocycles. The lowest BCUT2D eigenvalue weighted by Crippen LogP contribution is -2.24. The van der Waals surface area contributed by atoms with Crippen molar-refractivity contribution in [2.45, 2.75) is 13.5 Å². The number of thiazole rings is 1. The summed E-state index contributed by atoms with van der Waals surface area (Å²) in [5.41, 5.74) is 4.16. The van der Waals surface area contributed by atoms with Crippen molar-refractivity contribution in [2.75, 3.05) is 11.9 Å². The number of para-hydroxylation sites is 1. The van der Waals surface area contributed by atoms with Crippen LogP contribution >= 0.6 is 11.3 Å². The normalized spacial score (nSPS) is 10.1. The van der Waals surface area contributed by atoms with Gasteiger partial charge in [-0.25, -0.2) is 4.98 Å². The van der Waals surface area contributed by atoms with Crippen LogP contribution in [-0.4, -0.2) is 17.4 Å². The number of nitrogens with zero attached hydrogens (tertiary/aromatic N) is 1. The molecule has 0 spiro atoms. The maximum absolute atomic E-state index is 12.1. The van der Waals surface area contributed by atoms with E-state index in [0.29, 0.717) is 12.1 Å². The van der Waals surface area contributed by atoms with E-state index in [1.165, 1.54) is 11.3 Å². The van der Waals surface area contributed by atoms with Gasteiger partial charge in [-0.15, -0.1) is 11.3 Å². The van der Waals surface area contributed by atoms with Gasteiger partial charge in [0, 0.05) is 17.6 Å². The van der Waals surface area contributed by atoms with E-state index in [-0.39, 0.29) is 5.91 Å². The smallest absolute Gasteiger partial charge is 0.253 e. The van der Waals surface area contributed by atoms with Crippen molar-refractivity contribution in [1.82, 2.24) is 10.3 Å². The second-order valence-corrected chi connectivity index (χ2v) is 4.46. The van der Waals surface area contributed by atoms with Gasteiger partial charge in [0.2, 0.25) is 0 Å². The van der Waals surface area contributed by atoms with Crippen LogP contribution in [0, 0.1) is 0 Å². The van der Waals surface area contributed by atoms with Crippen molar-refractivity contribution in [2.24, 2.45) is 0 Å². The van der Waals surface area contributed by atoms with Crippen LogP contribution in [0.25, 0.3) is 0 Å². The maximum Gasteiger partial charge on any atom is 0.253 e. The van der Waals surface area contributed by atoms with Gasteiger partial charge < -0.3 is 10.6 Å². The number of benzene rings is 1. The Hall–Kier alpha value is -1.88. The van der Waals surface area contributed by atoms with E-state index in [1.54, 1.807) is 5.51 Å². The quantitative estimate of drug-likeness (QED) is 0.869. The average Bonchev–Trinajstić information content (AvgIpc) is 2.90. The van der Waals surface area contributed by atoms with E-state index < -0.39 is 0 Å². The third-order valence-corrected chi connectivity index (χ3v) is 3.09. The molecule has 0 saturated heterocycles. The van der Waals surface area contributed by atoms with Gasteiger partial charge in [-0.3, -0.25) is 4.79 Å². The summed E-state index contributed by atoms with van der Waals surface area (Å²) in [6.45, 7) is 3.25. The summed E-state index contributed by atoms with van der Waals surface area (Å²) < 4.78 is 0. The van der Waals surface area contributed by atoms with E-state index >= 15 is 0 Å². The van der Waals surface area contributed by atoms with Crippen LogP contribution in [0.15, 0.2) is 35.2 Å². The van der Waals surface area contributed by atoms with E-state index in [2.05, 4.69) is 15.6 Å². The Labute approximate surface area is 110 Å². The molecule has 94 valence electrons. The third kappa shape index (κ3) is 3.07. The van der Waals surface area contributed by atoms with Gasteiger partial charge in [0.05, 0.1) is 23.3 Å². The molecule has 0 aliphatic carbocycles. The highest BCUT2D eigenvalue weighted by atomic mass is 32.1. The van der Waals surface area contributed by atoms with Crippen molar-refractivity contribution in [3.05, 3.63) is 46.4 Å². The Morgan fingerprint density at radius 1 is 1.39 bits per heavy atom. The van der Waals surface area contributed by atoms with Crippen LogP contribution in [0.1, 0.15) is 23.0 Å². The van der Waals surface area contributed by atoms with Crippen LogP contribution in [0.3, 0.4) is 0 Å². The van der Waals surface area contributed by atoms with Gasteiger partial charge in [-0.2, -0.15) is 0 Å². The van der Waals surface area contributed by atoms with E-state index in [1.807, 2.05) is 36.6 Å². The fourth-order valence-corrected chi connectivity index (χ4v) is 2.18. The third-order valence-electron chi connectivity index (χ3n) is 2.45. The molecule has 0 aliphatic rings. The minimum atomic E-state index is -0.0837. The van der Waals surface area contributed by atoms with Crippen molar-refractivity contribution in [3.8, 4) is 0 Å². The molecule has 1 amide bonds. The number of nitrogens with one attached hydrogen (secondary N) is 2. The van der Waals surface area contributed by atoms with E-state index in [4.69, 9.17) is 0 Å². The van der Waals surface area contributed by atoms with Crippen molar-refractivity contribution >= 4 is 22.9 Å². The van der Waals surface area contributed by atoms with Gasteiger partial charge in [-0.1, -0.05) is 12.1 Å². The molecule has 2 aromatic rings. The van der Waals surface area contributed by atoms with Crippen LogP contribution in [0.4, 0.5) is 5.69 Å². The zero-order chi connectivity index (χ0) is 12.8. The SMILES string of the molecule is CCNc1ccccc1C(=O)NCc1cscn1. The number of hydrogen-bond donors (Lipinski definition) is 2. The molecule has 5 heteroatoms. The lowest BCUT2D eigenvalue weighted by Gasteiger charge is -2.10. The molecule has 0 bridgehead atoms. The summed E-state index contributed by atoms with van der Waals surface area (Å²) in [6.07, 6.45) is 0. The molecule has 2 rings (SSSR count). The number of amides is 1. The van der Waals surface area contributed by atoms with Crippen molar-refractivity contribution in [3.63, 3.8) is 0 Å². The Morgan fingerprint density at radius 2 is 2.22 bits per heavy atom. The monoisotopic (exact) mass is 261 g/mol. The first-order chi connectivity index (χ1) is 8.81. The standard InChI is InChI=1S/C13H15N3OS/c1-2-14-12-6-4-3-5-11(12)13(17)15-7-10-8-18-9-16-10/h3-6,8-9,14H,2,7H2,1H3,(H,15,17). The molecule has 0 fully saturated rings. The molecule has 18 heavy (non-hydrogen) atoms. The fourth-order valence-electron chi connectivity index (χ4n) is 1.62. The zero-order valence-corrected chi connectivity index (χ0v) is 11.0. The van der Waals surface area contributed by atoms with Gasteiger partial charge in [0.15, 0.2) is 0 Å². The first kappa shape index (κ1) is 12.6. The number of hydrogen-bond acceptors (Lipinski definition) is 4. The highest BCUT2D eigenvalue weighted by molar-refractivity contribution is 7.07. The Morgan fingerprint density at radius 3 is 2.94 bits per heavy atom. The van der Waals surface area contributed by atoms with Gasteiger partial charge in [-0.05, 0) is 19.1 Å². The Balaban J connectivity index is 2.04. The first-order valence-electron chi connectivity index (χ1n) is 5.79. The molecule has 0 unspecified atom stereocenters. The van der Waals surface area contributed by atoms with Gasteiger partial charge in [0.25, 0.3) is 5.91 Å². The number of carbonyl (C=O) groups excluding carboxylic acids is 1. The highest BCUT2D eigenvalue weighted by Gasteiger charge is 2.10. The molecule has 1 heterocycles. The summed E-state index contributed by atoms with van der Waals surface area (Å²) in [5.74, 6) is -0.0837.